The van der Waals surface area contributed by atoms with Gasteiger partial charge in [0.25, 0.3) is 0 Å². The Bertz CT molecular complexity index is 739. The molecular weight excluding hydrogens is 406 g/mol. The summed E-state index contributed by atoms with van der Waals surface area (Å²) < 4.78 is 6.08. The van der Waals surface area contributed by atoms with Crippen molar-refractivity contribution in [2.75, 3.05) is 26.2 Å². The van der Waals surface area contributed by atoms with Crippen LogP contribution in [0.15, 0.2) is 26.8 Å². The number of hydrogen-bond donors (Lipinski definition) is 4. The van der Waals surface area contributed by atoms with Crippen molar-refractivity contribution in [1.29, 1.82) is 0 Å². The van der Waals surface area contributed by atoms with E-state index < -0.39 is 0 Å². The summed E-state index contributed by atoms with van der Waals surface area (Å²) in [5.74, 6) is 1.54. The molecule has 0 bridgehead atoms. The van der Waals surface area contributed by atoms with Crippen LogP contribution in [-0.4, -0.2) is 52.7 Å². The Morgan fingerprint density at radius 1 is 1.00 bits per heavy atom. The first-order valence-corrected chi connectivity index (χ1v) is 10.9. The zero-order valence-corrected chi connectivity index (χ0v) is 19.0. The van der Waals surface area contributed by atoms with Crippen LogP contribution in [0.3, 0.4) is 0 Å². The Hall–Kier alpha value is -2.04. The number of nitrogens with zero attached hydrogens (tertiary/aromatic N) is 3. The summed E-state index contributed by atoms with van der Waals surface area (Å²) in [5, 5.41) is 15.6. The molecule has 0 radical (unpaired) electrons. The fraction of sp³-hybridized carbons (Fsp3) is 0.579. The normalized spacial score (nSPS) is 15.7. The maximum Gasteiger partial charge on any atom is 0.186 e. The summed E-state index contributed by atoms with van der Waals surface area (Å²) in [4.78, 5) is 2.42. The Morgan fingerprint density at radius 2 is 1.62 bits per heavy atom. The van der Waals surface area contributed by atoms with Crippen molar-refractivity contribution in [2.45, 2.75) is 46.6 Å². The molecule has 2 heterocycles. The van der Waals surface area contributed by atoms with Gasteiger partial charge in [0.15, 0.2) is 16.0 Å². The minimum atomic E-state index is 0.439. The molecule has 2 rings (SSSR count). The van der Waals surface area contributed by atoms with E-state index in [4.69, 9.17) is 28.9 Å². The van der Waals surface area contributed by atoms with Gasteiger partial charge in [-0.1, -0.05) is 6.42 Å². The van der Waals surface area contributed by atoms with Gasteiger partial charge in [-0.3, -0.25) is 15.8 Å². The average Bonchev–Trinajstić information content (AvgIpc) is 3.16. The van der Waals surface area contributed by atoms with Crippen LogP contribution in [0.5, 0.6) is 0 Å². The zero-order valence-electron chi connectivity index (χ0n) is 17.4. The quantitative estimate of drug-likeness (QED) is 0.280. The second-order valence-corrected chi connectivity index (χ2v) is 7.52. The number of hydrazone groups is 2. The molecule has 0 aliphatic carbocycles. The summed E-state index contributed by atoms with van der Waals surface area (Å²) in [7, 11) is 0. The monoisotopic (exact) mass is 437 g/mol. The SMILES string of the molecule is CCNC(=S)N/N=C(/C(C)=N/NC(=S)NCC)c1ccc(CN2CCCCC2)o1. The largest absolute Gasteiger partial charge is 0.458 e. The van der Waals surface area contributed by atoms with Crippen LogP contribution in [0.1, 0.15) is 51.6 Å². The Morgan fingerprint density at radius 3 is 2.24 bits per heavy atom. The fourth-order valence-corrected chi connectivity index (χ4v) is 3.32. The van der Waals surface area contributed by atoms with Crippen LogP contribution in [-0.2, 0) is 6.54 Å². The molecule has 4 N–H and O–H groups in total. The molecule has 0 spiro atoms. The highest BCUT2D eigenvalue weighted by molar-refractivity contribution is 7.80. The highest BCUT2D eigenvalue weighted by Gasteiger charge is 2.17. The smallest absolute Gasteiger partial charge is 0.186 e. The van der Waals surface area contributed by atoms with E-state index in [1.54, 1.807) is 0 Å². The minimum absolute atomic E-state index is 0.439. The topological polar surface area (TPSA) is 89.2 Å². The summed E-state index contributed by atoms with van der Waals surface area (Å²) in [6, 6.07) is 3.91. The lowest BCUT2D eigenvalue weighted by atomic mass is 10.1. The van der Waals surface area contributed by atoms with Gasteiger partial charge >= 0.3 is 0 Å². The van der Waals surface area contributed by atoms with Crippen LogP contribution in [0, 0.1) is 0 Å². The van der Waals surface area contributed by atoms with Gasteiger partial charge in [-0.2, -0.15) is 10.2 Å². The van der Waals surface area contributed by atoms with Crippen molar-refractivity contribution in [3.63, 3.8) is 0 Å². The fourth-order valence-electron chi connectivity index (χ4n) is 2.94. The summed E-state index contributed by atoms with van der Waals surface area (Å²) in [6.07, 6.45) is 3.80. The molecule has 1 aromatic rings. The summed E-state index contributed by atoms with van der Waals surface area (Å²) >= 11 is 10.4. The molecular formula is C19H31N7OS2. The molecule has 0 atom stereocenters. The molecule has 8 nitrogen and oxygen atoms in total. The lowest BCUT2D eigenvalue weighted by Crippen LogP contribution is -2.34. The second kappa shape index (κ2) is 12.5. The van der Waals surface area contributed by atoms with Gasteiger partial charge in [0.1, 0.15) is 11.5 Å². The van der Waals surface area contributed by atoms with Gasteiger partial charge in [-0.05, 0) is 83.3 Å². The number of rotatable bonds is 8. The van der Waals surface area contributed by atoms with E-state index in [1.807, 2.05) is 32.9 Å². The van der Waals surface area contributed by atoms with Crippen molar-refractivity contribution in [3.8, 4) is 0 Å². The third-order valence-electron chi connectivity index (χ3n) is 4.33. The number of hydrogen-bond acceptors (Lipinski definition) is 6. The predicted octanol–water partition coefficient (Wildman–Crippen LogP) is 2.31. The molecule has 0 unspecified atom stereocenters. The maximum absolute atomic E-state index is 6.08. The number of likely N-dealkylation sites (tertiary alicyclic amines) is 1. The Balaban J connectivity index is 2.15. The van der Waals surface area contributed by atoms with E-state index in [0.717, 1.165) is 31.9 Å². The molecule has 1 saturated heterocycles. The van der Waals surface area contributed by atoms with E-state index in [1.165, 1.54) is 19.3 Å². The van der Waals surface area contributed by atoms with Gasteiger partial charge < -0.3 is 15.1 Å². The van der Waals surface area contributed by atoms with Gasteiger partial charge in [0.2, 0.25) is 0 Å². The molecule has 0 amide bonds. The van der Waals surface area contributed by atoms with Crippen LogP contribution in [0.4, 0.5) is 0 Å². The first kappa shape index (κ1) is 23.2. The van der Waals surface area contributed by atoms with E-state index in [2.05, 4.69) is 36.6 Å². The highest BCUT2D eigenvalue weighted by atomic mass is 32.1. The van der Waals surface area contributed by atoms with Crippen molar-refractivity contribution >= 4 is 46.1 Å². The summed E-state index contributed by atoms with van der Waals surface area (Å²) in [6.45, 7) is 10.2. The Kier molecular flexibility index (Phi) is 10.0. The highest BCUT2D eigenvalue weighted by Crippen LogP contribution is 2.16. The number of furan rings is 1. The van der Waals surface area contributed by atoms with Crippen molar-refractivity contribution in [1.82, 2.24) is 26.4 Å². The molecule has 0 aromatic carbocycles. The molecule has 1 aromatic heterocycles. The van der Waals surface area contributed by atoms with E-state index >= 15 is 0 Å². The molecule has 1 fully saturated rings. The lowest BCUT2D eigenvalue weighted by molar-refractivity contribution is 0.205. The molecule has 1 aliphatic rings. The van der Waals surface area contributed by atoms with Crippen LogP contribution >= 0.6 is 24.4 Å². The first-order valence-electron chi connectivity index (χ1n) is 10.0. The summed E-state index contributed by atoms with van der Waals surface area (Å²) in [5.41, 5.74) is 6.85. The van der Waals surface area contributed by atoms with Crippen LogP contribution < -0.4 is 21.5 Å². The molecule has 10 heteroatoms. The molecule has 1 aliphatic heterocycles. The third-order valence-corrected chi connectivity index (χ3v) is 4.81. The van der Waals surface area contributed by atoms with Crippen molar-refractivity contribution in [3.05, 3.63) is 23.7 Å². The average molecular weight is 438 g/mol. The maximum atomic E-state index is 6.08. The van der Waals surface area contributed by atoms with E-state index in [9.17, 15) is 0 Å². The standard InChI is InChI=1S/C19H31N7OS2/c1-4-20-18(28)24-22-14(3)17(23-25-19(29)21-5-2)16-10-9-15(27-16)13-26-11-7-6-8-12-26/h9-10H,4-8,11-13H2,1-3H3,(H2,20,24,28)(H2,21,25,29)/b22-14+,23-17-. The predicted molar refractivity (Wildman–Crippen MR) is 126 cm³/mol. The van der Waals surface area contributed by atoms with E-state index in [0.29, 0.717) is 34.0 Å². The number of piperidine rings is 1. The third kappa shape index (κ3) is 8.08. The lowest BCUT2D eigenvalue weighted by Gasteiger charge is -2.25. The first-order chi connectivity index (χ1) is 14.0. The molecule has 0 saturated carbocycles. The molecule has 29 heavy (non-hydrogen) atoms. The van der Waals surface area contributed by atoms with Gasteiger partial charge in [-0.25, -0.2) is 0 Å². The molecule has 160 valence electrons. The van der Waals surface area contributed by atoms with Crippen LogP contribution in [0.2, 0.25) is 0 Å². The Labute approximate surface area is 183 Å². The van der Waals surface area contributed by atoms with Gasteiger partial charge in [-0.15, -0.1) is 0 Å². The zero-order chi connectivity index (χ0) is 21.1. The number of thiocarbonyl (C=S) groups is 2. The van der Waals surface area contributed by atoms with E-state index in [-0.39, 0.29) is 0 Å². The van der Waals surface area contributed by atoms with Crippen LogP contribution in [0.25, 0.3) is 0 Å². The number of nitrogens with one attached hydrogen (secondary N) is 4. The van der Waals surface area contributed by atoms with Crippen molar-refractivity contribution in [2.24, 2.45) is 10.2 Å². The van der Waals surface area contributed by atoms with Crippen molar-refractivity contribution < 1.29 is 4.42 Å². The second-order valence-electron chi connectivity index (χ2n) is 6.70. The minimum Gasteiger partial charge on any atom is -0.458 e. The van der Waals surface area contributed by atoms with Gasteiger partial charge in [0, 0.05) is 13.1 Å². The van der Waals surface area contributed by atoms with Gasteiger partial charge in [0.05, 0.1) is 12.3 Å².